The first-order valence-corrected chi connectivity index (χ1v) is 8.16. The zero-order chi connectivity index (χ0) is 16.0. The standard InChI is InChI=1S/C20H20O3/c1-23-20-11-17-8-15(5-4-14(17)9-19(20)22)18(21)10-16-7-12-2-3-13(16)6-12/h2-5,8-9,11-13,16,22H,6-7,10H2,1H3. The van der Waals surface area contributed by atoms with Gasteiger partial charge in [0.1, 0.15) is 0 Å². The summed E-state index contributed by atoms with van der Waals surface area (Å²) in [6.45, 7) is 0. The summed E-state index contributed by atoms with van der Waals surface area (Å²) in [6, 6.07) is 9.11. The van der Waals surface area contributed by atoms with Gasteiger partial charge in [0.05, 0.1) is 7.11 Å². The maximum atomic E-state index is 12.6. The highest BCUT2D eigenvalue weighted by Crippen LogP contribution is 2.45. The highest BCUT2D eigenvalue weighted by molar-refractivity contribution is 6.00. The molecule has 2 aliphatic rings. The molecule has 1 saturated carbocycles. The molecule has 3 nitrogen and oxygen atoms in total. The Labute approximate surface area is 135 Å². The second-order valence-electron chi connectivity index (χ2n) is 6.75. The lowest BCUT2D eigenvalue weighted by Crippen LogP contribution is -2.13. The van der Waals surface area contributed by atoms with Crippen molar-refractivity contribution < 1.29 is 14.6 Å². The average Bonchev–Trinajstić information content (AvgIpc) is 3.16. The molecular weight excluding hydrogens is 288 g/mol. The Balaban J connectivity index is 1.59. The number of benzene rings is 2. The lowest BCUT2D eigenvalue weighted by atomic mass is 9.87. The Bertz CT molecular complexity index is 806. The lowest BCUT2D eigenvalue weighted by Gasteiger charge is -2.17. The van der Waals surface area contributed by atoms with Crippen LogP contribution in [0, 0.1) is 17.8 Å². The summed E-state index contributed by atoms with van der Waals surface area (Å²) >= 11 is 0. The van der Waals surface area contributed by atoms with E-state index >= 15 is 0 Å². The Morgan fingerprint density at radius 1 is 1.17 bits per heavy atom. The van der Waals surface area contributed by atoms with Crippen LogP contribution >= 0.6 is 0 Å². The largest absolute Gasteiger partial charge is 0.504 e. The number of Topliss-reactive ketones (excluding diaryl/α,β-unsaturated/α-hetero) is 1. The molecule has 118 valence electrons. The van der Waals surface area contributed by atoms with Crippen LogP contribution in [-0.4, -0.2) is 18.0 Å². The van der Waals surface area contributed by atoms with E-state index in [0.29, 0.717) is 29.9 Å². The van der Waals surface area contributed by atoms with Crippen molar-refractivity contribution in [2.75, 3.05) is 7.11 Å². The number of methoxy groups -OCH3 is 1. The smallest absolute Gasteiger partial charge is 0.163 e. The zero-order valence-corrected chi connectivity index (χ0v) is 13.2. The fraction of sp³-hybridized carbons (Fsp3) is 0.350. The first-order chi connectivity index (χ1) is 11.1. The summed E-state index contributed by atoms with van der Waals surface area (Å²) in [5.41, 5.74) is 0.747. The predicted molar refractivity (Wildman–Crippen MR) is 90.0 cm³/mol. The normalized spacial score (nSPS) is 25.2. The number of allylic oxidation sites excluding steroid dienone is 2. The van der Waals surface area contributed by atoms with E-state index < -0.39 is 0 Å². The third-order valence-electron chi connectivity index (χ3n) is 5.32. The molecule has 3 unspecified atom stereocenters. The van der Waals surface area contributed by atoms with E-state index in [1.165, 1.54) is 13.5 Å². The van der Waals surface area contributed by atoms with Crippen molar-refractivity contribution in [3.05, 3.63) is 48.0 Å². The summed E-state index contributed by atoms with van der Waals surface area (Å²) in [5, 5.41) is 11.7. The molecule has 0 spiro atoms. The van der Waals surface area contributed by atoms with Crippen LogP contribution < -0.4 is 4.74 Å². The molecule has 0 saturated heterocycles. The molecule has 2 aromatic rings. The van der Waals surface area contributed by atoms with Crippen LogP contribution in [-0.2, 0) is 0 Å². The van der Waals surface area contributed by atoms with Crippen molar-refractivity contribution in [2.45, 2.75) is 19.3 Å². The quantitative estimate of drug-likeness (QED) is 0.675. The van der Waals surface area contributed by atoms with Crippen LogP contribution in [0.2, 0.25) is 0 Å². The zero-order valence-electron chi connectivity index (χ0n) is 13.2. The molecule has 2 aliphatic carbocycles. The highest BCUT2D eigenvalue weighted by Gasteiger charge is 2.36. The maximum absolute atomic E-state index is 12.6. The van der Waals surface area contributed by atoms with Gasteiger partial charge < -0.3 is 9.84 Å². The first-order valence-electron chi connectivity index (χ1n) is 8.16. The van der Waals surface area contributed by atoms with Crippen LogP contribution in [0.4, 0.5) is 0 Å². The predicted octanol–water partition coefficient (Wildman–Crippen LogP) is 4.34. The Hall–Kier alpha value is -2.29. The number of hydrogen-bond acceptors (Lipinski definition) is 3. The molecule has 0 radical (unpaired) electrons. The van der Waals surface area contributed by atoms with Crippen LogP contribution in [0.25, 0.3) is 10.8 Å². The molecule has 2 bridgehead atoms. The Kier molecular flexibility index (Phi) is 3.37. The summed E-state index contributed by atoms with van der Waals surface area (Å²) < 4.78 is 5.15. The van der Waals surface area contributed by atoms with Gasteiger partial charge in [-0.15, -0.1) is 0 Å². The van der Waals surface area contributed by atoms with Gasteiger partial charge >= 0.3 is 0 Å². The molecule has 0 amide bonds. The minimum absolute atomic E-state index is 0.118. The third-order valence-corrected chi connectivity index (χ3v) is 5.32. The van der Waals surface area contributed by atoms with Crippen molar-refractivity contribution in [1.82, 2.24) is 0 Å². The van der Waals surface area contributed by atoms with Crippen LogP contribution in [0.5, 0.6) is 11.5 Å². The lowest BCUT2D eigenvalue weighted by molar-refractivity contribution is 0.0954. The van der Waals surface area contributed by atoms with Gasteiger partial charge in [-0.05, 0) is 59.6 Å². The fourth-order valence-electron chi connectivity index (χ4n) is 4.09. The third kappa shape index (κ3) is 2.50. The molecule has 3 heteroatoms. The van der Waals surface area contributed by atoms with Gasteiger partial charge in [-0.3, -0.25) is 4.79 Å². The van der Waals surface area contributed by atoms with Gasteiger partial charge in [-0.25, -0.2) is 0 Å². The molecule has 3 atom stereocenters. The number of ketones is 1. The van der Waals surface area contributed by atoms with E-state index in [-0.39, 0.29) is 11.5 Å². The fourth-order valence-corrected chi connectivity index (χ4v) is 4.09. The second kappa shape index (κ2) is 5.41. The number of rotatable bonds is 4. The first kappa shape index (κ1) is 14.3. The van der Waals surface area contributed by atoms with Crippen molar-refractivity contribution in [3.63, 3.8) is 0 Å². The minimum atomic E-state index is 0.118. The Morgan fingerprint density at radius 2 is 2.04 bits per heavy atom. The highest BCUT2D eigenvalue weighted by atomic mass is 16.5. The molecule has 4 rings (SSSR count). The van der Waals surface area contributed by atoms with Gasteiger partial charge in [-0.2, -0.15) is 0 Å². The molecule has 1 N–H and O–H groups in total. The van der Waals surface area contributed by atoms with Crippen molar-refractivity contribution >= 4 is 16.6 Å². The van der Waals surface area contributed by atoms with Gasteiger partial charge in [0.15, 0.2) is 17.3 Å². The van der Waals surface area contributed by atoms with Crippen LogP contribution in [0.1, 0.15) is 29.6 Å². The van der Waals surface area contributed by atoms with Gasteiger partial charge in [0, 0.05) is 12.0 Å². The topological polar surface area (TPSA) is 46.5 Å². The number of aromatic hydroxyl groups is 1. The van der Waals surface area contributed by atoms with Crippen molar-refractivity contribution in [1.29, 1.82) is 0 Å². The molecule has 0 aromatic heterocycles. The van der Waals surface area contributed by atoms with Crippen molar-refractivity contribution in [2.24, 2.45) is 17.8 Å². The van der Waals surface area contributed by atoms with Gasteiger partial charge in [0.2, 0.25) is 0 Å². The molecule has 2 aromatic carbocycles. The van der Waals surface area contributed by atoms with E-state index in [1.54, 1.807) is 12.1 Å². The molecule has 0 aliphatic heterocycles. The number of phenols is 1. The summed E-state index contributed by atoms with van der Waals surface area (Å²) in [4.78, 5) is 12.6. The van der Waals surface area contributed by atoms with Crippen LogP contribution in [0.3, 0.4) is 0 Å². The number of ether oxygens (including phenoxy) is 1. The molecular formula is C20H20O3. The number of carbonyl (C=O) groups is 1. The van der Waals surface area contributed by atoms with E-state index in [4.69, 9.17) is 4.74 Å². The van der Waals surface area contributed by atoms with E-state index in [0.717, 1.165) is 22.8 Å². The minimum Gasteiger partial charge on any atom is -0.504 e. The van der Waals surface area contributed by atoms with Gasteiger partial charge in [0.25, 0.3) is 0 Å². The molecule has 1 fully saturated rings. The summed E-state index contributed by atoms with van der Waals surface area (Å²) in [6.07, 6.45) is 7.61. The number of hydrogen-bond donors (Lipinski definition) is 1. The molecule has 23 heavy (non-hydrogen) atoms. The van der Waals surface area contributed by atoms with Crippen LogP contribution in [0.15, 0.2) is 42.5 Å². The summed E-state index contributed by atoms with van der Waals surface area (Å²) in [5.74, 6) is 2.56. The van der Waals surface area contributed by atoms with E-state index in [2.05, 4.69) is 12.2 Å². The van der Waals surface area contributed by atoms with Crippen molar-refractivity contribution in [3.8, 4) is 11.5 Å². The SMILES string of the molecule is COc1cc2cc(C(=O)CC3CC4C=CC3C4)ccc2cc1O. The van der Waals surface area contributed by atoms with Gasteiger partial charge in [-0.1, -0.05) is 24.3 Å². The van der Waals surface area contributed by atoms with E-state index in [1.807, 2.05) is 18.2 Å². The summed E-state index contributed by atoms with van der Waals surface area (Å²) in [7, 11) is 1.53. The number of carbonyl (C=O) groups excluding carboxylic acids is 1. The second-order valence-corrected chi connectivity index (χ2v) is 6.75. The number of phenolic OH excluding ortho intramolecular Hbond substituents is 1. The maximum Gasteiger partial charge on any atom is 0.163 e. The average molecular weight is 308 g/mol. The molecule has 0 heterocycles. The number of fused-ring (bicyclic) bond motifs is 3. The van der Waals surface area contributed by atoms with E-state index in [9.17, 15) is 9.90 Å². The Morgan fingerprint density at radius 3 is 2.74 bits per heavy atom. The monoisotopic (exact) mass is 308 g/mol.